The standard InChI is InChI=1S/C35H42N8O3/c1-5-27-22-40(23(2)20-41(27)24(3)26-11-14-29-30(18-26)37-16-15-36-29)34-33-31(39-43(34)32-8-6-7-17-46-32)19-38-35(44)42(33)21-25-9-12-28(45-4)13-10-25/h9-16,18-19,23-24,27,32H,5-8,17,20-22H2,1-4H3/t23-,24?,27+,32?/m0/s1. The van der Waals surface area contributed by atoms with E-state index in [2.05, 4.69) is 63.7 Å². The molecule has 0 radical (unpaired) electrons. The molecule has 11 nitrogen and oxygen atoms in total. The van der Waals surface area contributed by atoms with Crippen molar-refractivity contribution in [2.75, 3.05) is 31.7 Å². The Morgan fingerprint density at radius 2 is 1.80 bits per heavy atom. The van der Waals surface area contributed by atoms with Gasteiger partial charge in [-0.15, -0.1) is 0 Å². The fourth-order valence-electron chi connectivity index (χ4n) is 7.14. The van der Waals surface area contributed by atoms with Gasteiger partial charge >= 0.3 is 5.69 Å². The van der Waals surface area contributed by atoms with Crippen molar-refractivity contribution in [1.82, 2.24) is 34.2 Å². The smallest absolute Gasteiger partial charge is 0.348 e. The first-order chi connectivity index (χ1) is 22.4. The molecule has 3 aromatic heterocycles. The van der Waals surface area contributed by atoms with Crippen molar-refractivity contribution in [2.24, 2.45) is 0 Å². The van der Waals surface area contributed by atoms with Gasteiger partial charge in [-0.25, -0.2) is 9.48 Å². The summed E-state index contributed by atoms with van der Waals surface area (Å²) in [5, 5.41) is 5.08. The highest BCUT2D eigenvalue weighted by molar-refractivity contribution is 5.87. The van der Waals surface area contributed by atoms with Gasteiger partial charge in [-0.05, 0) is 74.9 Å². The van der Waals surface area contributed by atoms with Crippen molar-refractivity contribution in [2.45, 2.75) is 77.4 Å². The van der Waals surface area contributed by atoms with Gasteiger partial charge in [0.05, 0.1) is 30.9 Å². The zero-order valence-corrected chi connectivity index (χ0v) is 27.0. The molecule has 240 valence electrons. The van der Waals surface area contributed by atoms with Crippen molar-refractivity contribution in [3.05, 3.63) is 82.7 Å². The lowest BCUT2D eigenvalue weighted by Gasteiger charge is -2.48. The molecule has 0 aliphatic carbocycles. The Morgan fingerprint density at radius 3 is 2.54 bits per heavy atom. The number of hydrogen-bond acceptors (Lipinski definition) is 9. The molecule has 7 rings (SSSR count). The maximum atomic E-state index is 13.5. The fraction of sp³-hybridized carbons (Fsp3) is 0.457. The number of methoxy groups -OCH3 is 1. The molecular formula is C35H42N8O3. The molecule has 46 heavy (non-hydrogen) atoms. The van der Waals surface area contributed by atoms with E-state index in [0.29, 0.717) is 18.7 Å². The molecule has 2 saturated heterocycles. The third kappa shape index (κ3) is 5.62. The fourth-order valence-corrected chi connectivity index (χ4v) is 7.14. The van der Waals surface area contributed by atoms with Crippen LogP contribution in [0.25, 0.3) is 22.1 Å². The highest BCUT2D eigenvalue weighted by Gasteiger charge is 2.38. The monoisotopic (exact) mass is 622 g/mol. The zero-order chi connectivity index (χ0) is 31.8. The summed E-state index contributed by atoms with van der Waals surface area (Å²) in [6.07, 6.45) is 8.89. The summed E-state index contributed by atoms with van der Waals surface area (Å²) in [6.45, 7) is 9.54. The Hall–Kier alpha value is -4.35. The van der Waals surface area contributed by atoms with E-state index < -0.39 is 0 Å². The minimum Gasteiger partial charge on any atom is -0.497 e. The molecule has 2 fully saturated rings. The lowest BCUT2D eigenvalue weighted by molar-refractivity contribution is -0.0386. The van der Waals surface area contributed by atoms with E-state index in [1.165, 1.54) is 5.56 Å². The SMILES string of the molecule is CC[C@@H]1CN(c2c3c(cnc(=O)n3Cc3ccc(OC)cc3)nn2C2CCCCO2)[C@@H](C)CN1C(C)c1ccc2nccnc2c1. The van der Waals surface area contributed by atoms with E-state index in [9.17, 15) is 4.79 Å². The minimum absolute atomic E-state index is 0.144. The molecule has 2 unspecified atom stereocenters. The van der Waals surface area contributed by atoms with Crippen LogP contribution in [0.2, 0.25) is 0 Å². The molecule has 5 heterocycles. The topological polar surface area (TPSA) is 103 Å². The van der Waals surface area contributed by atoms with Crippen molar-refractivity contribution >= 4 is 27.9 Å². The Balaban J connectivity index is 1.28. The normalized spacial score (nSPS) is 21.6. The summed E-state index contributed by atoms with van der Waals surface area (Å²) in [5.41, 5.74) is 5.26. The van der Waals surface area contributed by atoms with Crippen molar-refractivity contribution < 1.29 is 9.47 Å². The summed E-state index contributed by atoms with van der Waals surface area (Å²) in [4.78, 5) is 31.8. The average Bonchev–Trinajstić information content (AvgIpc) is 3.49. The number of anilines is 1. The van der Waals surface area contributed by atoms with Crippen LogP contribution < -0.4 is 15.3 Å². The predicted molar refractivity (Wildman–Crippen MR) is 178 cm³/mol. The van der Waals surface area contributed by atoms with Crippen LogP contribution in [0.4, 0.5) is 5.82 Å². The van der Waals surface area contributed by atoms with Gasteiger partial charge in [-0.1, -0.05) is 25.1 Å². The van der Waals surface area contributed by atoms with E-state index in [-0.39, 0.29) is 30.0 Å². The first-order valence-corrected chi connectivity index (χ1v) is 16.4. The molecule has 4 atom stereocenters. The van der Waals surface area contributed by atoms with Crippen LogP contribution in [0.5, 0.6) is 5.75 Å². The van der Waals surface area contributed by atoms with Gasteiger partial charge in [-0.2, -0.15) is 10.1 Å². The quantitative estimate of drug-likeness (QED) is 0.227. The van der Waals surface area contributed by atoms with Crippen LogP contribution in [0.1, 0.15) is 69.9 Å². The molecule has 0 saturated carbocycles. The van der Waals surface area contributed by atoms with Crippen LogP contribution in [0, 0.1) is 0 Å². The predicted octanol–water partition coefficient (Wildman–Crippen LogP) is 5.34. The van der Waals surface area contributed by atoms with E-state index >= 15 is 0 Å². The molecule has 0 amide bonds. The number of ether oxygens (including phenoxy) is 2. The lowest BCUT2D eigenvalue weighted by Crippen LogP contribution is -2.58. The maximum Gasteiger partial charge on any atom is 0.348 e. The number of nitrogens with zero attached hydrogens (tertiary/aromatic N) is 8. The molecular weight excluding hydrogens is 580 g/mol. The Kier molecular flexibility index (Phi) is 8.44. The molecule has 2 aliphatic rings. The summed E-state index contributed by atoms with van der Waals surface area (Å²) in [6, 6.07) is 14.9. The second-order valence-corrected chi connectivity index (χ2v) is 12.5. The number of hydrogen-bond donors (Lipinski definition) is 0. The third-order valence-electron chi connectivity index (χ3n) is 9.71. The van der Waals surface area contributed by atoms with E-state index in [4.69, 9.17) is 14.6 Å². The minimum atomic E-state index is -0.292. The third-order valence-corrected chi connectivity index (χ3v) is 9.71. The average molecular weight is 623 g/mol. The van der Waals surface area contributed by atoms with Crippen LogP contribution in [-0.4, -0.2) is 73.1 Å². The molecule has 0 spiro atoms. The maximum absolute atomic E-state index is 13.5. The van der Waals surface area contributed by atoms with Gasteiger partial charge in [0.25, 0.3) is 0 Å². The van der Waals surface area contributed by atoms with Crippen LogP contribution in [-0.2, 0) is 11.3 Å². The Bertz CT molecular complexity index is 1880. The Labute approximate surface area is 268 Å². The van der Waals surface area contributed by atoms with Gasteiger partial charge in [0, 0.05) is 50.2 Å². The van der Waals surface area contributed by atoms with Gasteiger partial charge < -0.3 is 14.4 Å². The second-order valence-electron chi connectivity index (χ2n) is 12.5. The molecule has 2 aliphatic heterocycles. The molecule has 5 aromatic rings. The summed E-state index contributed by atoms with van der Waals surface area (Å²) >= 11 is 0. The van der Waals surface area contributed by atoms with Crippen LogP contribution in [0.15, 0.2) is 65.8 Å². The number of fused-ring (bicyclic) bond motifs is 2. The van der Waals surface area contributed by atoms with Crippen LogP contribution in [0.3, 0.4) is 0 Å². The highest BCUT2D eigenvalue weighted by atomic mass is 16.5. The number of piperazine rings is 1. The van der Waals surface area contributed by atoms with Crippen molar-refractivity contribution in [3.8, 4) is 5.75 Å². The van der Waals surface area contributed by atoms with Crippen LogP contribution >= 0.6 is 0 Å². The van der Waals surface area contributed by atoms with E-state index in [1.54, 1.807) is 30.3 Å². The van der Waals surface area contributed by atoms with Gasteiger partial charge in [0.15, 0.2) is 12.0 Å². The molecule has 2 aromatic carbocycles. The number of benzene rings is 2. The summed E-state index contributed by atoms with van der Waals surface area (Å²) < 4.78 is 15.5. The summed E-state index contributed by atoms with van der Waals surface area (Å²) in [5.74, 6) is 1.72. The second kappa shape index (κ2) is 12.8. The Morgan fingerprint density at radius 1 is 1.00 bits per heavy atom. The zero-order valence-electron chi connectivity index (χ0n) is 27.0. The van der Waals surface area contributed by atoms with Crippen molar-refractivity contribution in [3.63, 3.8) is 0 Å². The van der Waals surface area contributed by atoms with E-state index in [1.807, 2.05) is 28.9 Å². The van der Waals surface area contributed by atoms with Gasteiger partial charge in [-0.3, -0.25) is 19.4 Å². The molecule has 11 heteroatoms. The van der Waals surface area contributed by atoms with Gasteiger partial charge in [0.1, 0.15) is 16.8 Å². The molecule has 0 bridgehead atoms. The summed E-state index contributed by atoms with van der Waals surface area (Å²) in [7, 11) is 1.65. The lowest BCUT2D eigenvalue weighted by atomic mass is 9.98. The van der Waals surface area contributed by atoms with Gasteiger partial charge in [0.2, 0.25) is 0 Å². The highest BCUT2D eigenvalue weighted by Crippen LogP contribution is 2.38. The number of rotatable bonds is 8. The first kappa shape index (κ1) is 30.3. The molecule has 0 N–H and O–H groups in total. The van der Waals surface area contributed by atoms with Crippen molar-refractivity contribution in [1.29, 1.82) is 0 Å². The first-order valence-electron chi connectivity index (χ1n) is 16.4. The number of aromatic nitrogens is 6. The van der Waals surface area contributed by atoms with E-state index in [0.717, 1.165) is 72.5 Å². The largest absolute Gasteiger partial charge is 0.497 e.